The molecular weight excluding hydrogens is 335 g/mol. The third-order valence-electron chi connectivity index (χ3n) is 3.25. The van der Waals surface area contributed by atoms with Gasteiger partial charge in [-0.1, -0.05) is 0 Å². The topological polar surface area (TPSA) is 158 Å². The standard InChI is InChI=1S/C9H15N6O5PS/c10-9-11-7-6(8(16)12-9)13-14-15(7)5-2-1-4(20-5)3-19-21(17,18)22/h4-5,13-14H,1-3H2,(H2,17,18,22)(H3,10,11,12,16)/t4-,5+/m0/s1. The number of hydrogen-bond acceptors (Lipinski definition) is 9. The van der Waals surface area contributed by atoms with Crippen molar-refractivity contribution in [2.24, 2.45) is 0 Å². The third-order valence-corrected chi connectivity index (χ3v) is 4.05. The normalized spacial score (nSPS) is 24.4. The van der Waals surface area contributed by atoms with E-state index in [0.717, 1.165) is 0 Å². The quantitative estimate of drug-likeness (QED) is 0.360. The highest BCUT2D eigenvalue weighted by atomic mass is 32.5. The van der Waals surface area contributed by atoms with E-state index in [1.165, 1.54) is 0 Å². The van der Waals surface area contributed by atoms with Gasteiger partial charge >= 0.3 is 6.72 Å². The van der Waals surface area contributed by atoms with Crippen molar-refractivity contribution in [1.29, 1.82) is 0 Å². The van der Waals surface area contributed by atoms with Gasteiger partial charge in [0.2, 0.25) is 5.95 Å². The molecule has 0 aliphatic carbocycles. The summed E-state index contributed by atoms with van der Waals surface area (Å²) < 4.78 is 10.5. The third kappa shape index (κ3) is 3.22. The molecule has 1 aromatic rings. The highest BCUT2D eigenvalue weighted by Gasteiger charge is 2.36. The number of fused-ring (bicyclic) bond motifs is 1. The van der Waals surface area contributed by atoms with Crippen LogP contribution in [-0.4, -0.2) is 38.7 Å². The summed E-state index contributed by atoms with van der Waals surface area (Å²) in [5.74, 6) is 0.334. The first-order valence-electron chi connectivity index (χ1n) is 6.40. The largest absolute Gasteiger partial charge is 0.369 e. The number of aromatic nitrogens is 2. The molecule has 0 bridgehead atoms. The second kappa shape index (κ2) is 5.74. The van der Waals surface area contributed by atoms with Gasteiger partial charge in [-0.3, -0.25) is 15.2 Å². The summed E-state index contributed by atoms with van der Waals surface area (Å²) in [6.07, 6.45) is 0.505. The summed E-state index contributed by atoms with van der Waals surface area (Å²) in [6.45, 7) is -3.71. The molecule has 122 valence electrons. The predicted molar refractivity (Wildman–Crippen MR) is 81.1 cm³/mol. The monoisotopic (exact) mass is 350 g/mol. The maximum atomic E-state index is 11.7. The van der Waals surface area contributed by atoms with Gasteiger partial charge in [-0.25, -0.2) is 5.01 Å². The lowest BCUT2D eigenvalue weighted by atomic mass is 10.2. The van der Waals surface area contributed by atoms with E-state index in [4.69, 9.17) is 24.8 Å². The highest BCUT2D eigenvalue weighted by molar-refractivity contribution is 8.06. The van der Waals surface area contributed by atoms with Gasteiger partial charge in [0.15, 0.2) is 11.5 Å². The molecule has 0 unspecified atom stereocenters. The Kier molecular flexibility index (Phi) is 4.07. The number of nitrogens with one attached hydrogen (secondary N) is 3. The second-order valence-corrected chi connectivity index (χ2v) is 7.50. The Morgan fingerprint density at radius 2 is 2.32 bits per heavy atom. The SMILES string of the molecule is Nc1nc2c(c(=O)[nH]1)NNN2[C@H]1CC[C@@H](COP(O)(O)=S)O1. The van der Waals surface area contributed by atoms with E-state index < -0.39 is 18.5 Å². The average molecular weight is 350 g/mol. The zero-order chi connectivity index (χ0) is 15.9. The lowest BCUT2D eigenvalue weighted by Crippen LogP contribution is -2.44. The Balaban J connectivity index is 1.69. The Bertz CT molecular complexity index is 679. The average Bonchev–Trinajstić information content (AvgIpc) is 3.01. The maximum Gasteiger partial charge on any atom is 0.321 e. The molecule has 1 saturated heterocycles. The van der Waals surface area contributed by atoms with E-state index in [1.807, 2.05) is 0 Å². The molecule has 22 heavy (non-hydrogen) atoms. The fourth-order valence-electron chi connectivity index (χ4n) is 2.32. The van der Waals surface area contributed by atoms with Crippen molar-refractivity contribution in [2.45, 2.75) is 25.2 Å². The minimum Gasteiger partial charge on any atom is -0.369 e. The number of nitrogens with two attached hydrogens (primary N) is 1. The van der Waals surface area contributed by atoms with Crippen LogP contribution in [-0.2, 0) is 21.1 Å². The van der Waals surface area contributed by atoms with Crippen molar-refractivity contribution in [1.82, 2.24) is 15.5 Å². The number of anilines is 3. The first-order chi connectivity index (χ1) is 10.3. The molecule has 0 saturated carbocycles. The molecule has 3 rings (SSSR count). The summed E-state index contributed by atoms with van der Waals surface area (Å²) >= 11 is 4.39. The van der Waals surface area contributed by atoms with Crippen LogP contribution in [0.4, 0.5) is 17.5 Å². The molecule has 0 aromatic carbocycles. The summed E-state index contributed by atoms with van der Waals surface area (Å²) in [4.78, 5) is 36.3. The van der Waals surface area contributed by atoms with Crippen molar-refractivity contribution in [3.05, 3.63) is 10.4 Å². The van der Waals surface area contributed by atoms with Crippen molar-refractivity contribution < 1.29 is 19.0 Å². The van der Waals surface area contributed by atoms with E-state index >= 15 is 0 Å². The molecule has 2 aliphatic rings. The second-order valence-electron chi connectivity index (χ2n) is 4.83. The van der Waals surface area contributed by atoms with Gasteiger partial charge in [-0.2, -0.15) is 4.98 Å². The number of hydrogen-bond donors (Lipinski definition) is 6. The zero-order valence-electron chi connectivity index (χ0n) is 11.2. The number of nitrogens with zero attached hydrogens (tertiary/aromatic N) is 2. The summed E-state index contributed by atoms with van der Waals surface area (Å²) in [5.41, 5.74) is 10.9. The number of ether oxygens (including phenoxy) is 1. The molecule has 0 spiro atoms. The molecule has 0 amide bonds. The van der Waals surface area contributed by atoms with E-state index in [2.05, 4.69) is 32.7 Å². The van der Waals surface area contributed by atoms with E-state index in [1.54, 1.807) is 5.01 Å². The molecule has 2 aliphatic heterocycles. The minimum atomic E-state index is -3.69. The number of hydrazine groups is 2. The predicted octanol–water partition coefficient (Wildman–Crippen LogP) is -1.27. The summed E-state index contributed by atoms with van der Waals surface area (Å²) in [6, 6.07) is 0. The van der Waals surface area contributed by atoms with Crippen molar-refractivity contribution in [3.63, 3.8) is 0 Å². The number of aromatic amines is 1. The fraction of sp³-hybridized carbons (Fsp3) is 0.556. The Labute approximate surface area is 129 Å². The fourth-order valence-corrected chi connectivity index (χ4v) is 2.87. The van der Waals surface area contributed by atoms with E-state index in [9.17, 15) is 4.79 Å². The van der Waals surface area contributed by atoms with Gasteiger partial charge in [0.05, 0.1) is 12.7 Å². The van der Waals surface area contributed by atoms with E-state index in [-0.39, 0.29) is 24.3 Å². The van der Waals surface area contributed by atoms with Crippen molar-refractivity contribution >= 4 is 36.0 Å². The van der Waals surface area contributed by atoms with Gasteiger partial charge in [-0.15, -0.1) is 5.53 Å². The van der Waals surface area contributed by atoms with Crippen LogP contribution in [0.3, 0.4) is 0 Å². The molecular formula is C9H15N6O5PS. The maximum absolute atomic E-state index is 11.7. The number of rotatable bonds is 4. The van der Waals surface area contributed by atoms with Crippen LogP contribution in [0.25, 0.3) is 0 Å². The van der Waals surface area contributed by atoms with Crippen LogP contribution in [0.15, 0.2) is 4.79 Å². The summed E-state index contributed by atoms with van der Waals surface area (Å²) in [7, 11) is 0. The lowest BCUT2D eigenvalue weighted by molar-refractivity contribution is 0.0108. The molecule has 11 nitrogen and oxygen atoms in total. The molecule has 1 aromatic heterocycles. The Morgan fingerprint density at radius 1 is 1.55 bits per heavy atom. The van der Waals surface area contributed by atoms with Crippen LogP contribution in [0.1, 0.15) is 12.8 Å². The first-order valence-corrected chi connectivity index (χ1v) is 9.02. The smallest absolute Gasteiger partial charge is 0.321 e. The first kappa shape index (κ1) is 15.6. The Hall–Kier alpha value is -1.27. The molecule has 13 heteroatoms. The van der Waals surface area contributed by atoms with Gasteiger partial charge < -0.3 is 24.8 Å². The van der Waals surface area contributed by atoms with Crippen LogP contribution in [0.5, 0.6) is 0 Å². The van der Waals surface area contributed by atoms with Crippen molar-refractivity contribution in [3.8, 4) is 0 Å². The lowest BCUT2D eigenvalue weighted by Gasteiger charge is -2.24. The van der Waals surface area contributed by atoms with Gasteiger partial charge in [0.25, 0.3) is 5.56 Å². The molecule has 0 radical (unpaired) electrons. The van der Waals surface area contributed by atoms with Crippen LogP contribution < -0.4 is 27.3 Å². The zero-order valence-corrected chi connectivity index (χ0v) is 12.9. The van der Waals surface area contributed by atoms with Crippen LogP contribution in [0, 0.1) is 0 Å². The van der Waals surface area contributed by atoms with Crippen LogP contribution in [0.2, 0.25) is 0 Å². The van der Waals surface area contributed by atoms with Crippen molar-refractivity contribution in [2.75, 3.05) is 22.8 Å². The Morgan fingerprint density at radius 3 is 3.05 bits per heavy atom. The molecule has 2 atom stereocenters. The number of nitrogen functional groups attached to an aromatic ring is 1. The van der Waals surface area contributed by atoms with Gasteiger partial charge in [-0.05, 0) is 24.6 Å². The molecule has 3 heterocycles. The number of H-pyrrole nitrogens is 1. The van der Waals surface area contributed by atoms with E-state index in [0.29, 0.717) is 18.7 Å². The van der Waals surface area contributed by atoms with Crippen LogP contribution >= 0.6 is 6.72 Å². The van der Waals surface area contributed by atoms with Gasteiger partial charge in [0, 0.05) is 0 Å². The van der Waals surface area contributed by atoms with Gasteiger partial charge in [0.1, 0.15) is 6.23 Å². The minimum absolute atomic E-state index is 0.00150. The molecule has 1 fully saturated rings. The molecule has 7 N–H and O–H groups in total. The highest BCUT2D eigenvalue weighted by Crippen LogP contribution is 2.38. The summed E-state index contributed by atoms with van der Waals surface area (Å²) in [5, 5.41) is 1.55.